The number of hydrogen-bond donors (Lipinski definition) is 2. The van der Waals surface area contributed by atoms with Crippen molar-refractivity contribution in [3.05, 3.63) is 11.8 Å². The second-order valence-corrected chi connectivity index (χ2v) is 3.70. The van der Waals surface area contributed by atoms with E-state index in [0.717, 1.165) is 6.07 Å². The molecule has 0 unspecified atom stereocenters. The fourth-order valence-corrected chi connectivity index (χ4v) is 1.30. The van der Waals surface area contributed by atoms with Crippen molar-refractivity contribution in [2.45, 2.75) is 13.1 Å². The van der Waals surface area contributed by atoms with E-state index in [-0.39, 0.29) is 11.8 Å². The lowest BCUT2D eigenvalue weighted by atomic mass is 10.3. The first-order valence-corrected chi connectivity index (χ1v) is 5.60. The van der Waals surface area contributed by atoms with Crippen molar-refractivity contribution in [3.8, 4) is 0 Å². The van der Waals surface area contributed by atoms with Gasteiger partial charge in [-0.25, -0.2) is 10.8 Å². The van der Waals surface area contributed by atoms with Crippen molar-refractivity contribution in [1.29, 1.82) is 0 Å². The molecule has 3 N–H and O–H groups in total. The van der Waals surface area contributed by atoms with Crippen LogP contribution in [0.3, 0.4) is 0 Å². The fraction of sp³-hybridized carbons (Fsp3) is 0.600. The molecule has 0 aliphatic rings. The quantitative estimate of drug-likeness (QED) is 0.464. The molecule has 0 atom stereocenters. The van der Waals surface area contributed by atoms with E-state index in [9.17, 15) is 13.2 Å². The number of nitrogens with one attached hydrogen (secondary N) is 1. The zero-order chi connectivity index (χ0) is 14.5. The van der Waals surface area contributed by atoms with Crippen LogP contribution in [0.5, 0.6) is 0 Å². The maximum Gasteiger partial charge on any atom is 0.433 e. The molecule has 0 bridgehead atoms. The first kappa shape index (κ1) is 15.4. The highest BCUT2D eigenvalue weighted by molar-refractivity contribution is 5.44. The lowest BCUT2D eigenvalue weighted by molar-refractivity contribution is -0.141. The number of ether oxygens (including phenoxy) is 1. The Morgan fingerprint density at radius 3 is 2.63 bits per heavy atom. The summed E-state index contributed by atoms with van der Waals surface area (Å²) in [5.41, 5.74) is 0.974. The molecule has 6 nitrogen and oxygen atoms in total. The number of aromatic nitrogens is 2. The molecule has 0 aromatic carbocycles. The molecular formula is C10H16F3N5O. The topological polar surface area (TPSA) is 76.3 Å². The Morgan fingerprint density at radius 2 is 2.11 bits per heavy atom. The molecule has 0 aliphatic carbocycles. The van der Waals surface area contributed by atoms with Gasteiger partial charge >= 0.3 is 6.18 Å². The summed E-state index contributed by atoms with van der Waals surface area (Å²) in [4.78, 5) is 8.67. The molecule has 0 radical (unpaired) electrons. The molecule has 1 rings (SSSR count). The summed E-state index contributed by atoms with van der Waals surface area (Å²) in [6, 6.07) is 0.868. The van der Waals surface area contributed by atoms with Crippen LogP contribution >= 0.6 is 0 Å². The lowest BCUT2D eigenvalue weighted by Gasteiger charge is -2.19. The van der Waals surface area contributed by atoms with Gasteiger partial charge in [-0.3, -0.25) is 5.43 Å². The number of nitrogen functional groups attached to an aromatic ring is 1. The third-order valence-corrected chi connectivity index (χ3v) is 2.30. The number of rotatable bonds is 6. The van der Waals surface area contributed by atoms with E-state index in [1.54, 1.807) is 7.05 Å². The largest absolute Gasteiger partial charge is 0.433 e. The number of hydrogen-bond acceptors (Lipinski definition) is 6. The number of halogens is 3. The van der Waals surface area contributed by atoms with E-state index in [2.05, 4.69) is 9.97 Å². The molecule has 1 aromatic rings. The summed E-state index contributed by atoms with van der Waals surface area (Å²) in [5, 5.41) is 0. The van der Waals surface area contributed by atoms with Crippen LogP contribution in [0.2, 0.25) is 0 Å². The monoisotopic (exact) mass is 279 g/mol. The molecule has 0 fully saturated rings. The average molecular weight is 279 g/mol. The van der Waals surface area contributed by atoms with Gasteiger partial charge in [-0.15, -0.1) is 0 Å². The van der Waals surface area contributed by atoms with Gasteiger partial charge < -0.3 is 9.64 Å². The number of hydrazine groups is 1. The number of alkyl halides is 3. The van der Waals surface area contributed by atoms with E-state index in [1.165, 1.54) is 4.90 Å². The molecule has 1 heterocycles. The van der Waals surface area contributed by atoms with Crippen molar-refractivity contribution >= 4 is 11.8 Å². The van der Waals surface area contributed by atoms with Crippen LogP contribution in [-0.2, 0) is 10.9 Å². The molecule has 0 saturated heterocycles. The molecule has 9 heteroatoms. The van der Waals surface area contributed by atoms with Crippen LogP contribution in [0.4, 0.5) is 24.9 Å². The van der Waals surface area contributed by atoms with Gasteiger partial charge in [0.1, 0.15) is 5.82 Å². The van der Waals surface area contributed by atoms with E-state index >= 15 is 0 Å². The van der Waals surface area contributed by atoms with Crippen molar-refractivity contribution in [2.75, 3.05) is 37.1 Å². The van der Waals surface area contributed by atoms with Gasteiger partial charge in [0.25, 0.3) is 0 Å². The molecule has 0 spiro atoms. The van der Waals surface area contributed by atoms with Gasteiger partial charge in [-0.2, -0.15) is 18.2 Å². The predicted octanol–water partition coefficient (Wildman–Crippen LogP) is 1.25. The number of nitrogens with zero attached hydrogens (tertiary/aromatic N) is 3. The van der Waals surface area contributed by atoms with Crippen LogP contribution in [0.25, 0.3) is 0 Å². The molecule has 19 heavy (non-hydrogen) atoms. The first-order chi connectivity index (χ1) is 8.88. The lowest BCUT2D eigenvalue weighted by Crippen LogP contribution is -2.25. The maximum absolute atomic E-state index is 12.7. The first-order valence-electron chi connectivity index (χ1n) is 5.60. The van der Waals surface area contributed by atoms with E-state index in [0.29, 0.717) is 19.8 Å². The van der Waals surface area contributed by atoms with Crippen LogP contribution in [-0.4, -0.2) is 36.8 Å². The van der Waals surface area contributed by atoms with Crippen LogP contribution in [0, 0.1) is 0 Å². The van der Waals surface area contributed by atoms with Gasteiger partial charge in [0.05, 0.1) is 6.61 Å². The summed E-state index contributed by atoms with van der Waals surface area (Å²) in [6.07, 6.45) is -4.55. The normalized spacial score (nSPS) is 11.5. The minimum Gasteiger partial charge on any atom is -0.380 e. The van der Waals surface area contributed by atoms with Crippen molar-refractivity contribution in [1.82, 2.24) is 9.97 Å². The van der Waals surface area contributed by atoms with Crippen LogP contribution in [0.1, 0.15) is 12.6 Å². The van der Waals surface area contributed by atoms with Gasteiger partial charge in [-0.05, 0) is 6.92 Å². The highest BCUT2D eigenvalue weighted by Gasteiger charge is 2.34. The predicted molar refractivity (Wildman–Crippen MR) is 64.6 cm³/mol. The molecule has 0 amide bonds. The molecule has 108 valence electrons. The van der Waals surface area contributed by atoms with E-state index in [1.807, 2.05) is 12.3 Å². The Labute approximate surface area is 108 Å². The molecule has 1 aromatic heterocycles. The van der Waals surface area contributed by atoms with Crippen LogP contribution in [0.15, 0.2) is 6.07 Å². The second-order valence-electron chi connectivity index (χ2n) is 3.70. The average Bonchev–Trinajstić information content (AvgIpc) is 2.37. The summed E-state index contributed by atoms with van der Waals surface area (Å²) in [7, 11) is 1.61. The second kappa shape index (κ2) is 6.53. The Hall–Kier alpha value is -1.61. The summed E-state index contributed by atoms with van der Waals surface area (Å²) in [6.45, 7) is 3.18. The van der Waals surface area contributed by atoms with Crippen molar-refractivity contribution in [3.63, 3.8) is 0 Å². The highest BCUT2D eigenvalue weighted by atomic mass is 19.4. The van der Waals surface area contributed by atoms with Crippen LogP contribution < -0.4 is 16.2 Å². The van der Waals surface area contributed by atoms with Gasteiger partial charge in [-0.1, -0.05) is 0 Å². The fourth-order valence-electron chi connectivity index (χ4n) is 1.30. The number of nitrogens with two attached hydrogens (primary N) is 1. The Morgan fingerprint density at radius 1 is 1.42 bits per heavy atom. The zero-order valence-electron chi connectivity index (χ0n) is 10.7. The van der Waals surface area contributed by atoms with Crippen molar-refractivity contribution < 1.29 is 17.9 Å². The van der Waals surface area contributed by atoms with Gasteiger partial charge in [0.15, 0.2) is 5.69 Å². The zero-order valence-corrected chi connectivity index (χ0v) is 10.7. The third-order valence-electron chi connectivity index (χ3n) is 2.30. The molecule has 0 saturated carbocycles. The Bertz CT molecular complexity index is 413. The standard InChI is InChI=1S/C10H16F3N5O/c1-3-19-5-4-18(2)8-6-7(10(11,12)13)15-9(16-8)17-14/h6H,3-5,14H2,1-2H3,(H,15,16,17). The Balaban J connectivity index is 2.93. The summed E-state index contributed by atoms with van der Waals surface area (Å²) >= 11 is 0. The highest BCUT2D eigenvalue weighted by Crippen LogP contribution is 2.30. The maximum atomic E-state index is 12.7. The number of likely N-dealkylation sites (N-methyl/N-ethyl adjacent to an activating group) is 1. The Kier molecular flexibility index (Phi) is 5.31. The number of anilines is 2. The van der Waals surface area contributed by atoms with Gasteiger partial charge in [0.2, 0.25) is 5.95 Å². The summed E-state index contributed by atoms with van der Waals surface area (Å²) in [5.74, 6) is 4.90. The van der Waals surface area contributed by atoms with Crippen molar-refractivity contribution in [2.24, 2.45) is 5.84 Å². The SMILES string of the molecule is CCOCCN(C)c1cc(C(F)(F)F)nc(NN)n1. The van der Waals surface area contributed by atoms with E-state index in [4.69, 9.17) is 10.6 Å². The van der Waals surface area contributed by atoms with E-state index < -0.39 is 11.9 Å². The molecule has 0 aliphatic heterocycles. The summed E-state index contributed by atoms with van der Waals surface area (Å²) < 4.78 is 43.1. The smallest absolute Gasteiger partial charge is 0.380 e. The third kappa shape index (κ3) is 4.52. The van der Waals surface area contributed by atoms with Gasteiger partial charge in [0, 0.05) is 26.3 Å². The minimum absolute atomic E-state index is 0.120. The minimum atomic E-state index is -4.55. The molecular weight excluding hydrogens is 263 g/mol.